The highest BCUT2D eigenvalue weighted by molar-refractivity contribution is 7.16. The summed E-state index contributed by atoms with van der Waals surface area (Å²) in [7, 11) is 0. The van der Waals surface area contributed by atoms with E-state index in [-0.39, 0.29) is 5.75 Å². The molecular formula is C19H13ClN4OS. The molecule has 0 radical (unpaired) electrons. The molecule has 0 saturated heterocycles. The van der Waals surface area contributed by atoms with Crippen molar-refractivity contribution in [2.75, 3.05) is 0 Å². The Labute approximate surface area is 159 Å². The third kappa shape index (κ3) is 4.33. The van der Waals surface area contributed by atoms with E-state index in [1.54, 1.807) is 54.6 Å². The molecule has 0 aliphatic heterocycles. The van der Waals surface area contributed by atoms with E-state index in [1.807, 2.05) is 6.92 Å². The number of phenols is 1. The van der Waals surface area contributed by atoms with Gasteiger partial charge >= 0.3 is 0 Å². The summed E-state index contributed by atoms with van der Waals surface area (Å²) in [6.07, 6.45) is 1.72. The first kappa shape index (κ1) is 17.8. The molecule has 1 aromatic heterocycles. The molecule has 0 aliphatic rings. The molecule has 7 heteroatoms. The molecule has 2 aromatic carbocycles. The minimum Gasteiger partial charge on any atom is -0.508 e. The summed E-state index contributed by atoms with van der Waals surface area (Å²) in [4.78, 5) is 4.43. The molecule has 0 aliphatic carbocycles. The normalized spacial score (nSPS) is 11.7. The third-order valence-electron chi connectivity index (χ3n) is 3.41. The van der Waals surface area contributed by atoms with E-state index in [2.05, 4.69) is 21.3 Å². The van der Waals surface area contributed by atoms with Crippen molar-refractivity contribution in [1.29, 1.82) is 5.26 Å². The Morgan fingerprint density at radius 2 is 1.85 bits per heavy atom. The van der Waals surface area contributed by atoms with Crippen molar-refractivity contribution in [1.82, 2.24) is 4.98 Å². The van der Waals surface area contributed by atoms with Crippen LogP contribution in [0.5, 0.6) is 5.75 Å². The van der Waals surface area contributed by atoms with E-state index in [4.69, 9.17) is 11.6 Å². The number of azo groups is 1. The van der Waals surface area contributed by atoms with Crippen molar-refractivity contribution >= 4 is 45.3 Å². The number of aryl methyl sites for hydroxylation is 1. The molecule has 0 fully saturated rings. The number of phenolic OH excluding ortho intramolecular Hbond substituents is 1. The van der Waals surface area contributed by atoms with Crippen LogP contribution >= 0.6 is 22.9 Å². The molecule has 128 valence electrons. The van der Waals surface area contributed by atoms with Crippen LogP contribution in [0.2, 0.25) is 5.02 Å². The zero-order chi connectivity index (χ0) is 18.5. The lowest BCUT2D eigenvalue weighted by Gasteiger charge is -1.96. The second-order valence-corrected chi connectivity index (χ2v) is 6.76. The van der Waals surface area contributed by atoms with Crippen LogP contribution in [0.4, 0.5) is 10.7 Å². The number of allylic oxidation sites excluding steroid dienone is 1. The van der Waals surface area contributed by atoms with Crippen LogP contribution in [0.1, 0.15) is 16.3 Å². The zero-order valence-electron chi connectivity index (χ0n) is 13.7. The van der Waals surface area contributed by atoms with Crippen molar-refractivity contribution in [3.05, 3.63) is 69.8 Å². The van der Waals surface area contributed by atoms with E-state index in [0.29, 0.717) is 32.0 Å². The van der Waals surface area contributed by atoms with Gasteiger partial charge in [-0.1, -0.05) is 35.1 Å². The average molecular weight is 381 g/mol. The van der Waals surface area contributed by atoms with Crippen molar-refractivity contribution in [3.8, 4) is 11.8 Å². The maximum Gasteiger partial charge on any atom is 0.162 e. The van der Waals surface area contributed by atoms with Crippen LogP contribution in [0, 0.1) is 18.3 Å². The summed E-state index contributed by atoms with van der Waals surface area (Å²) >= 11 is 7.15. The molecule has 0 amide bonds. The van der Waals surface area contributed by atoms with Crippen molar-refractivity contribution in [3.63, 3.8) is 0 Å². The lowest BCUT2D eigenvalue weighted by Crippen LogP contribution is -1.81. The summed E-state index contributed by atoms with van der Waals surface area (Å²) in [5.74, 6) is 0.177. The Hall–Kier alpha value is -3.01. The average Bonchev–Trinajstić information content (AvgIpc) is 3.01. The summed E-state index contributed by atoms with van der Waals surface area (Å²) in [5.41, 5.74) is 2.62. The van der Waals surface area contributed by atoms with Gasteiger partial charge in [0.05, 0.1) is 17.0 Å². The summed E-state index contributed by atoms with van der Waals surface area (Å²) in [5, 5.41) is 29.1. The van der Waals surface area contributed by atoms with Crippen LogP contribution in [0.15, 0.2) is 58.8 Å². The second kappa shape index (κ2) is 7.91. The molecule has 0 spiro atoms. The molecule has 3 rings (SSSR count). The van der Waals surface area contributed by atoms with Gasteiger partial charge in [0, 0.05) is 5.02 Å². The topological polar surface area (TPSA) is 81.6 Å². The maximum absolute atomic E-state index is 9.46. The molecule has 26 heavy (non-hydrogen) atoms. The Morgan fingerprint density at radius 1 is 1.15 bits per heavy atom. The largest absolute Gasteiger partial charge is 0.508 e. The smallest absolute Gasteiger partial charge is 0.162 e. The minimum atomic E-state index is 0.177. The summed E-state index contributed by atoms with van der Waals surface area (Å²) in [6.45, 7) is 1.83. The molecule has 5 nitrogen and oxygen atoms in total. The number of aromatic hydroxyl groups is 1. The molecule has 3 aromatic rings. The highest BCUT2D eigenvalue weighted by Crippen LogP contribution is 2.33. The molecule has 0 unspecified atom stereocenters. The van der Waals surface area contributed by atoms with Crippen molar-refractivity contribution < 1.29 is 5.11 Å². The van der Waals surface area contributed by atoms with Crippen LogP contribution in [0.3, 0.4) is 0 Å². The lowest BCUT2D eigenvalue weighted by molar-refractivity contribution is 0.475. The number of hydrogen-bond acceptors (Lipinski definition) is 6. The number of nitriles is 1. The number of hydrogen-bond donors (Lipinski definition) is 1. The fourth-order valence-corrected chi connectivity index (χ4v) is 3.07. The van der Waals surface area contributed by atoms with Gasteiger partial charge in [0.2, 0.25) is 0 Å². The van der Waals surface area contributed by atoms with Crippen LogP contribution in [0.25, 0.3) is 11.6 Å². The van der Waals surface area contributed by atoms with E-state index < -0.39 is 0 Å². The first-order valence-electron chi connectivity index (χ1n) is 7.61. The first-order valence-corrected chi connectivity index (χ1v) is 8.80. The standard InChI is InChI=1S/C19H13ClN4OS/c1-12-18(24-23-16-6-4-15(20)5-7-16)26-19(22-12)14(11-21)10-13-2-8-17(25)9-3-13/h2-10,25H,1H3/b14-10+,24-23?. The molecular weight excluding hydrogens is 368 g/mol. The SMILES string of the molecule is Cc1nc(/C(C#N)=C/c2ccc(O)cc2)sc1N=Nc1ccc(Cl)cc1. The quantitative estimate of drug-likeness (QED) is 0.426. The number of nitrogens with zero attached hydrogens (tertiary/aromatic N) is 4. The molecule has 0 saturated carbocycles. The van der Waals surface area contributed by atoms with Gasteiger partial charge in [-0.2, -0.15) is 5.26 Å². The number of rotatable bonds is 4. The highest BCUT2D eigenvalue weighted by Gasteiger charge is 2.11. The van der Waals surface area contributed by atoms with Crippen molar-refractivity contribution in [2.24, 2.45) is 10.2 Å². The van der Waals surface area contributed by atoms with Crippen LogP contribution in [-0.2, 0) is 0 Å². The number of aromatic nitrogens is 1. The third-order valence-corrected chi connectivity index (χ3v) is 4.74. The predicted molar refractivity (Wildman–Crippen MR) is 104 cm³/mol. The van der Waals surface area contributed by atoms with E-state index in [0.717, 1.165) is 5.56 Å². The van der Waals surface area contributed by atoms with Gasteiger partial charge in [-0.05, 0) is 55.0 Å². The van der Waals surface area contributed by atoms with Gasteiger partial charge in [0.15, 0.2) is 5.00 Å². The monoisotopic (exact) mass is 380 g/mol. The van der Waals surface area contributed by atoms with Crippen LogP contribution < -0.4 is 0 Å². The Balaban J connectivity index is 1.87. The molecule has 1 N–H and O–H groups in total. The fourth-order valence-electron chi connectivity index (χ4n) is 2.09. The molecule has 1 heterocycles. The maximum atomic E-state index is 9.46. The number of thiazole rings is 1. The van der Waals surface area contributed by atoms with E-state index >= 15 is 0 Å². The first-order chi connectivity index (χ1) is 12.5. The molecule has 0 atom stereocenters. The lowest BCUT2D eigenvalue weighted by atomic mass is 10.1. The van der Waals surface area contributed by atoms with Gasteiger partial charge in [0.1, 0.15) is 16.8 Å². The Morgan fingerprint density at radius 3 is 2.50 bits per heavy atom. The second-order valence-electron chi connectivity index (χ2n) is 5.35. The Bertz CT molecular complexity index is 1020. The fraction of sp³-hybridized carbons (Fsp3) is 0.0526. The van der Waals surface area contributed by atoms with Gasteiger partial charge in [-0.3, -0.25) is 0 Å². The predicted octanol–water partition coefficient (Wildman–Crippen LogP) is 6.29. The van der Waals surface area contributed by atoms with Gasteiger partial charge in [0.25, 0.3) is 0 Å². The number of halogens is 1. The van der Waals surface area contributed by atoms with Gasteiger partial charge < -0.3 is 5.11 Å². The van der Waals surface area contributed by atoms with Crippen LogP contribution in [-0.4, -0.2) is 10.1 Å². The minimum absolute atomic E-state index is 0.177. The summed E-state index contributed by atoms with van der Waals surface area (Å²) in [6, 6.07) is 15.8. The van der Waals surface area contributed by atoms with Crippen molar-refractivity contribution in [2.45, 2.75) is 6.92 Å². The van der Waals surface area contributed by atoms with Gasteiger partial charge in [-0.15, -0.1) is 10.2 Å². The van der Waals surface area contributed by atoms with E-state index in [9.17, 15) is 10.4 Å². The summed E-state index contributed by atoms with van der Waals surface area (Å²) < 4.78 is 0. The number of benzene rings is 2. The zero-order valence-corrected chi connectivity index (χ0v) is 15.3. The van der Waals surface area contributed by atoms with E-state index in [1.165, 1.54) is 11.3 Å². The van der Waals surface area contributed by atoms with Gasteiger partial charge in [-0.25, -0.2) is 4.98 Å². The Kier molecular flexibility index (Phi) is 5.42. The molecule has 0 bridgehead atoms. The highest BCUT2D eigenvalue weighted by atomic mass is 35.5.